The van der Waals surface area contributed by atoms with Crippen LogP contribution in [-0.4, -0.2) is 25.0 Å². The first-order chi connectivity index (χ1) is 7.18. The maximum atomic E-state index is 11.5. The Kier molecular flexibility index (Phi) is 2.49. The fraction of sp³-hybridized carbons (Fsp3) is 0.364. The van der Waals surface area contributed by atoms with Gasteiger partial charge >= 0.3 is 0 Å². The van der Waals surface area contributed by atoms with Crippen molar-refractivity contribution in [1.29, 1.82) is 0 Å². The van der Waals surface area contributed by atoms with E-state index in [1.807, 2.05) is 31.2 Å². The van der Waals surface area contributed by atoms with Crippen LogP contribution in [0.4, 0.5) is 11.4 Å². The summed E-state index contributed by atoms with van der Waals surface area (Å²) in [7, 11) is 0. The van der Waals surface area contributed by atoms with Crippen LogP contribution in [0.1, 0.15) is 6.92 Å². The molecule has 2 rings (SSSR count). The Labute approximate surface area is 89.1 Å². The molecule has 1 aliphatic rings. The van der Waals surface area contributed by atoms with E-state index in [-0.39, 0.29) is 11.9 Å². The number of carbonyl (C=O) groups is 1. The first-order valence-electron chi connectivity index (χ1n) is 5.08. The number of hydrogen-bond acceptors (Lipinski definition) is 3. The third-order valence-corrected chi connectivity index (χ3v) is 2.72. The fourth-order valence-electron chi connectivity index (χ4n) is 1.80. The minimum Gasteiger partial charge on any atom is -0.399 e. The second-order valence-electron chi connectivity index (χ2n) is 3.75. The zero-order valence-corrected chi connectivity index (χ0v) is 8.73. The predicted molar refractivity (Wildman–Crippen MR) is 60.7 cm³/mol. The molecule has 15 heavy (non-hydrogen) atoms. The van der Waals surface area contributed by atoms with E-state index in [9.17, 15) is 4.79 Å². The number of anilines is 2. The number of nitrogen functional groups attached to an aromatic ring is 1. The van der Waals surface area contributed by atoms with E-state index < -0.39 is 0 Å². The largest absolute Gasteiger partial charge is 0.399 e. The van der Waals surface area contributed by atoms with Gasteiger partial charge in [0.05, 0.1) is 0 Å². The molecule has 1 aromatic carbocycles. The van der Waals surface area contributed by atoms with Gasteiger partial charge in [-0.25, -0.2) is 0 Å². The molecule has 1 unspecified atom stereocenters. The van der Waals surface area contributed by atoms with Gasteiger partial charge < -0.3 is 16.0 Å². The zero-order valence-electron chi connectivity index (χ0n) is 8.73. The lowest BCUT2D eigenvalue weighted by molar-refractivity contribution is -0.122. The van der Waals surface area contributed by atoms with Crippen LogP contribution in [0.3, 0.4) is 0 Å². The molecule has 1 aromatic rings. The molecule has 0 spiro atoms. The van der Waals surface area contributed by atoms with Gasteiger partial charge in [-0.3, -0.25) is 4.79 Å². The fourth-order valence-corrected chi connectivity index (χ4v) is 1.80. The van der Waals surface area contributed by atoms with Gasteiger partial charge in [-0.05, 0) is 31.2 Å². The lowest BCUT2D eigenvalue weighted by atomic mass is 10.1. The van der Waals surface area contributed by atoms with Crippen LogP contribution in [0.5, 0.6) is 0 Å². The van der Waals surface area contributed by atoms with Crippen LogP contribution in [0.15, 0.2) is 24.3 Å². The maximum Gasteiger partial charge on any atom is 0.242 e. The third-order valence-electron chi connectivity index (χ3n) is 2.72. The first kappa shape index (κ1) is 9.83. The Hall–Kier alpha value is -1.71. The van der Waals surface area contributed by atoms with E-state index in [1.54, 1.807) is 0 Å². The number of benzene rings is 1. The van der Waals surface area contributed by atoms with Gasteiger partial charge in [0.15, 0.2) is 0 Å². The normalized spacial score (nSPS) is 21.3. The van der Waals surface area contributed by atoms with Crippen molar-refractivity contribution >= 4 is 17.3 Å². The summed E-state index contributed by atoms with van der Waals surface area (Å²) < 4.78 is 0. The molecular formula is C11H15N3O. The monoisotopic (exact) mass is 205 g/mol. The summed E-state index contributed by atoms with van der Waals surface area (Å²) in [5, 5.41) is 2.84. The third kappa shape index (κ3) is 1.88. The molecule has 0 aliphatic carbocycles. The van der Waals surface area contributed by atoms with Crippen molar-refractivity contribution in [2.75, 3.05) is 23.7 Å². The molecule has 0 radical (unpaired) electrons. The minimum atomic E-state index is -0.109. The number of nitrogens with one attached hydrogen (secondary N) is 1. The van der Waals surface area contributed by atoms with Crippen LogP contribution in [0.2, 0.25) is 0 Å². The summed E-state index contributed by atoms with van der Waals surface area (Å²) in [6.07, 6.45) is 0. The second-order valence-corrected chi connectivity index (χ2v) is 3.75. The quantitative estimate of drug-likeness (QED) is 0.660. The van der Waals surface area contributed by atoms with Gasteiger partial charge in [0, 0.05) is 24.5 Å². The van der Waals surface area contributed by atoms with Crippen molar-refractivity contribution in [3.63, 3.8) is 0 Å². The number of nitrogens with zero attached hydrogens (tertiary/aromatic N) is 1. The van der Waals surface area contributed by atoms with Gasteiger partial charge in [-0.1, -0.05) is 0 Å². The van der Waals surface area contributed by atoms with Crippen molar-refractivity contribution in [3.8, 4) is 0 Å². The van der Waals surface area contributed by atoms with Crippen molar-refractivity contribution < 1.29 is 4.79 Å². The molecule has 4 heteroatoms. The van der Waals surface area contributed by atoms with Crippen LogP contribution < -0.4 is 16.0 Å². The Morgan fingerprint density at radius 3 is 2.73 bits per heavy atom. The SMILES string of the molecule is CC1C(=O)NCCN1c1ccc(N)cc1. The summed E-state index contributed by atoms with van der Waals surface area (Å²) in [5.74, 6) is 0.0816. The lowest BCUT2D eigenvalue weighted by Crippen LogP contribution is -2.54. The average Bonchev–Trinajstić information content (AvgIpc) is 2.24. The standard InChI is InChI=1S/C11H15N3O/c1-8-11(15)13-6-7-14(8)10-4-2-9(12)3-5-10/h2-5,8H,6-7,12H2,1H3,(H,13,15). The van der Waals surface area contributed by atoms with Crippen LogP contribution >= 0.6 is 0 Å². The zero-order chi connectivity index (χ0) is 10.8. The van der Waals surface area contributed by atoms with Gasteiger partial charge in [0.25, 0.3) is 0 Å². The number of rotatable bonds is 1. The topological polar surface area (TPSA) is 58.4 Å². The van der Waals surface area contributed by atoms with Crippen molar-refractivity contribution in [2.45, 2.75) is 13.0 Å². The van der Waals surface area contributed by atoms with Crippen LogP contribution in [0.25, 0.3) is 0 Å². The molecule has 3 N–H and O–H groups in total. The highest BCUT2D eigenvalue weighted by Crippen LogP contribution is 2.19. The summed E-state index contributed by atoms with van der Waals surface area (Å²) in [4.78, 5) is 13.5. The highest BCUT2D eigenvalue weighted by molar-refractivity contribution is 5.86. The number of hydrogen-bond donors (Lipinski definition) is 2. The molecule has 0 bridgehead atoms. The number of amides is 1. The molecule has 1 aliphatic heterocycles. The van der Waals surface area contributed by atoms with Crippen molar-refractivity contribution in [2.24, 2.45) is 0 Å². The van der Waals surface area contributed by atoms with E-state index in [2.05, 4.69) is 10.2 Å². The lowest BCUT2D eigenvalue weighted by Gasteiger charge is -2.34. The van der Waals surface area contributed by atoms with Crippen LogP contribution in [0, 0.1) is 0 Å². The second kappa shape index (κ2) is 3.81. The number of piperazine rings is 1. The number of nitrogens with two attached hydrogens (primary N) is 1. The van der Waals surface area contributed by atoms with Gasteiger partial charge in [-0.2, -0.15) is 0 Å². The Balaban J connectivity index is 2.22. The molecule has 1 heterocycles. The summed E-state index contributed by atoms with van der Waals surface area (Å²) >= 11 is 0. The van der Waals surface area contributed by atoms with E-state index in [0.717, 1.165) is 17.9 Å². The molecule has 0 aromatic heterocycles. The van der Waals surface area contributed by atoms with E-state index in [1.165, 1.54) is 0 Å². The Morgan fingerprint density at radius 2 is 2.07 bits per heavy atom. The first-order valence-corrected chi connectivity index (χ1v) is 5.08. The van der Waals surface area contributed by atoms with Crippen molar-refractivity contribution in [1.82, 2.24) is 5.32 Å². The molecule has 80 valence electrons. The van der Waals surface area contributed by atoms with Gasteiger partial charge in [-0.15, -0.1) is 0 Å². The maximum absolute atomic E-state index is 11.5. The Morgan fingerprint density at radius 1 is 1.40 bits per heavy atom. The highest BCUT2D eigenvalue weighted by Gasteiger charge is 2.25. The minimum absolute atomic E-state index is 0.0816. The molecule has 0 saturated carbocycles. The molecule has 1 saturated heterocycles. The smallest absolute Gasteiger partial charge is 0.242 e. The van der Waals surface area contributed by atoms with Crippen LogP contribution in [-0.2, 0) is 4.79 Å². The molecule has 4 nitrogen and oxygen atoms in total. The highest BCUT2D eigenvalue weighted by atomic mass is 16.2. The van der Waals surface area contributed by atoms with Gasteiger partial charge in [0.1, 0.15) is 6.04 Å². The average molecular weight is 205 g/mol. The summed E-state index contributed by atoms with van der Waals surface area (Å²) in [6, 6.07) is 7.50. The predicted octanol–water partition coefficient (Wildman–Crippen LogP) is 0.593. The molecule has 1 atom stereocenters. The molecule has 1 amide bonds. The van der Waals surface area contributed by atoms with Crippen molar-refractivity contribution in [3.05, 3.63) is 24.3 Å². The molecular weight excluding hydrogens is 190 g/mol. The Bertz CT molecular complexity index is 361. The van der Waals surface area contributed by atoms with Gasteiger partial charge in [0.2, 0.25) is 5.91 Å². The number of carbonyl (C=O) groups excluding carboxylic acids is 1. The summed E-state index contributed by atoms with van der Waals surface area (Å²) in [6.45, 7) is 3.45. The van der Waals surface area contributed by atoms with E-state index >= 15 is 0 Å². The van der Waals surface area contributed by atoms with E-state index in [4.69, 9.17) is 5.73 Å². The summed E-state index contributed by atoms with van der Waals surface area (Å²) in [5.41, 5.74) is 7.41. The van der Waals surface area contributed by atoms with E-state index in [0.29, 0.717) is 6.54 Å². The molecule has 1 fully saturated rings.